The van der Waals surface area contributed by atoms with Gasteiger partial charge in [-0.3, -0.25) is 9.59 Å². The third-order valence-corrected chi connectivity index (χ3v) is 2.32. The van der Waals surface area contributed by atoms with Gasteiger partial charge in [-0.25, -0.2) is 9.18 Å². The topological polar surface area (TPSA) is 109 Å². The number of hydrogen-bond donors (Lipinski definition) is 3. The molecule has 7 heteroatoms. The number of amides is 2. The summed E-state index contributed by atoms with van der Waals surface area (Å²) in [5.74, 6) is -3.28. The maximum atomic E-state index is 12.7. The van der Waals surface area contributed by atoms with Crippen LogP contribution in [0.2, 0.25) is 0 Å². The normalized spacial score (nSPS) is 12.1. The molecule has 0 aliphatic heterocycles. The van der Waals surface area contributed by atoms with E-state index in [1.54, 1.807) is 0 Å². The first-order valence-corrected chi connectivity index (χ1v) is 5.63. The number of rotatable bonds is 6. The lowest BCUT2D eigenvalue weighted by molar-refractivity contribution is -0.142. The van der Waals surface area contributed by atoms with Crippen LogP contribution in [0.15, 0.2) is 30.3 Å². The lowest BCUT2D eigenvalue weighted by Crippen LogP contribution is -2.42. The molecular formula is C13H13FN2O4. The second-order valence-corrected chi connectivity index (χ2v) is 3.95. The van der Waals surface area contributed by atoms with E-state index in [4.69, 9.17) is 10.8 Å². The maximum absolute atomic E-state index is 12.7. The SMILES string of the molecule is NC(=O)C[C@@H](NC(=O)/C=C/c1ccc(F)cc1)C(=O)O. The van der Waals surface area contributed by atoms with Gasteiger partial charge in [0.15, 0.2) is 0 Å². The summed E-state index contributed by atoms with van der Waals surface area (Å²) in [4.78, 5) is 32.9. The summed E-state index contributed by atoms with van der Waals surface area (Å²) in [5, 5.41) is 10.9. The molecule has 20 heavy (non-hydrogen) atoms. The fourth-order valence-electron chi connectivity index (χ4n) is 1.37. The first-order chi connectivity index (χ1) is 9.38. The molecule has 4 N–H and O–H groups in total. The fourth-order valence-corrected chi connectivity index (χ4v) is 1.37. The summed E-state index contributed by atoms with van der Waals surface area (Å²) < 4.78 is 12.7. The minimum absolute atomic E-state index is 0.404. The Morgan fingerprint density at radius 3 is 2.40 bits per heavy atom. The van der Waals surface area contributed by atoms with Gasteiger partial charge in [-0.05, 0) is 23.8 Å². The molecule has 0 saturated heterocycles. The van der Waals surface area contributed by atoms with E-state index in [1.165, 1.54) is 30.3 Å². The van der Waals surface area contributed by atoms with Crippen LogP contribution in [0.1, 0.15) is 12.0 Å². The number of carbonyl (C=O) groups is 3. The van der Waals surface area contributed by atoms with E-state index in [1.807, 2.05) is 0 Å². The molecule has 0 aromatic heterocycles. The molecule has 0 radical (unpaired) electrons. The zero-order chi connectivity index (χ0) is 15.1. The summed E-state index contributed by atoms with van der Waals surface area (Å²) in [6.07, 6.45) is 1.98. The van der Waals surface area contributed by atoms with Crippen LogP contribution in [-0.2, 0) is 14.4 Å². The lowest BCUT2D eigenvalue weighted by atomic mass is 10.2. The third-order valence-electron chi connectivity index (χ3n) is 2.32. The highest BCUT2D eigenvalue weighted by atomic mass is 19.1. The van der Waals surface area contributed by atoms with E-state index in [0.29, 0.717) is 5.56 Å². The Balaban J connectivity index is 2.63. The van der Waals surface area contributed by atoms with Crippen molar-refractivity contribution in [3.8, 4) is 0 Å². The molecule has 0 spiro atoms. The number of aliphatic carboxylic acids is 1. The van der Waals surface area contributed by atoms with Crippen LogP contribution < -0.4 is 11.1 Å². The Morgan fingerprint density at radius 1 is 1.30 bits per heavy atom. The highest BCUT2D eigenvalue weighted by molar-refractivity contribution is 5.95. The molecule has 0 fully saturated rings. The zero-order valence-electron chi connectivity index (χ0n) is 10.4. The number of nitrogens with one attached hydrogen (secondary N) is 1. The van der Waals surface area contributed by atoms with Crippen molar-refractivity contribution in [1.82, 2.24) is 5.32 Å². The molecule has 1 aromatic carbocycles. The molecular weight excluding hydrogens is 267 g/mol. The molecule has 0 aliphatic carbocycles. The summed E-state index contributed by atoms with van der Waals surface area (Å²) in [6, 6.07) is 3.99. The molecule has 0 unspecified atom stereocenters. The van der Waals surface area contributed by atoms with Gasteiger partial charge in [0.1, 0.15) is 11.9 Å². The monoisotopic (exact) mass is 280 g/mol. The average molecular weight is 280 g/mol. The number of primary amides is 1. The highest BCUT2D eigenvalue weighted by Crippen LogP contribution is 2.04. The number of carboxylic acids is 1. The molecule has 1 aromatic rings. The van der Waals surface area contributed by atoms with Crippen molar-refractivity contribution in [2.24, 2.45) is 5.73 Å². The Morgan fingerprint density at radius 2 is 1.90 bits per heavy atom. The maximum Gasteiger partial charge on any atom is 0.326 e. The number of carboxylic acid groups (broad SMARTS) is 1. The quantitative estimate of drug-likeness (QED) is 0.650. The van der Waals surface area contributed by atoms with Gasteiger partial charge < -0.3 is 16.2 Å². The highest BCUT2D eigenvalue weighted by Gasteiger charge is 2.20. The molecule has 1 atom stereocenters. The Labute approximate surface area is 114 Å². The fraction of sp³-hybridized carbons (Fsp3) is 0.154. The van der Waals surface area contributed by atoms with Gasteiger partial charge in [-0.2, -0.15) is 0 Å². The predicted octanol–water partition coefficient (Wildman–Crippen LogP) is 0.284. The van der Waals surface area contributed by atoms with Crippen LogP contribution in [0.3, 0.4) is 0 Å². The van der Waals surface area contributed by atoms with Crippen molar-refractivity contribution in [3.05, 3.63) is 41.7 Å². The van der Waals surface area contributed by atoms with Crippen LogP contribution in [0.5, 0.6) is 0 Å². The zero-order valence-corrected chi connectivity index (χ0v) is 10.4. The second kappa shape index (κ2) is 7.03. The Bertz CT molecular complexity index is 540. The van der Waals surface area contributed by atoms with Gasteiger partial charge in [0, 0.05) is 6.08 Å². The van der Waals surface area contributed by atoms with E-state index in [9.17, 15) is 18.8 Å². The number of benzene rings is 1. The summed E-state index contributed by atoms with van der Waals surface area (Å²) >= 11 is 0. The van der Waals surface area contributed by atoms with Crippen LogP contribution in [0.4, 0.5) is 4.39 Å². The molecule has 6 nitrogen and oxygen atoms in total. The Hall–Kier alpha value is -2.70. The largest absolute Gasteiger partial charge is 0.480 e. The van der Waals surface area contributed by atoms with Crippen molar-refractivity contribution >= 4 is 23.9 Å². The molecule has 1 rings (SSSR count). The minimum Gasteiger partial charge on any atom is -0.480 e. The first-order valence-electron chi connectivity index (χ1n) is 5.63. The van der Waals surface area contributed by atoms with Crippen molar-refractivity contribution in [2.75, 3.05) is 0 Å². The summed E-state index contributed by atoms with van der Waals surface area (Å²) in [7, 11) is 0. The smallest absolute Gasteiger partial charge is 0.326 e. The van der Waals surface area contributed by atoms with Gasteiger partial charge in [-0.15, -0.1) is 0 Å². The number of halogens is 1. The average Bonchev–Trinajstić information content (AvgIpc) is 2.36. The lowest BCUT2D eigenvalue weighted by Gasteiger charge is -2.10. The second-order valence-electron chi connectivity index (χ2n) is 3.95. The third kappa shape index (κ3) is 5.30. The molecule has 0 bridgehead atoms. The van der Waals surface area contributed by atoms with Gasteiger partial charge >= 0.3 is 5.97 Å². The molecule has 0 saturated carbocycles. The number of hydrogen-bond acceptors (Lipinski definition) is 3. The molecule has 2 amide bonds. The molecule has 106 valence electrons. The van der Waals surface area contributed by atoms with E-state index in [-0.39, 0.29) is 0 Å². The van der Waals surface area contributed by atoms with E-state index < -0.39 is 36.1 Å². The Kier molecular flexibility index (Phi) is 5.40. The van der Waals surface area contributed by atoms with Crippen molar-refractivity contribution in [1.29, 1.82) is 0 Å². The number of nitrogens with two attached hydrogens (primary N) is 1. The predicted molar refractivity (Wildman–Crippen MR) is 68.8 cm³/mol. The molecule has 0 aliphatic rings. The van der Waals surface area contributed by atoms with Crippen LogP contribution in [-0.4, -0.2) is 28.9 Å². The van der Waals surface area contributed by atoms with Crippen LogP contribution in [0.25, 0.3) is 6.08 Å². The van der Waals surface area contributed by atoms with Crippen LogP contribution >= 0.6 is 0 Å². The summed E-state index contributed by atoms with van der Waals surface area (Å²) in [6.45, 7) is 0. The van der Waals surface area contributed by atoms with Crippen molar-refractivity contribution in [3.63, 3.8) is 0 Å². The van der Waals surface area contributed by atoms with Crippen molar-refractivity contribution in [2.45, 2.75) is 12.5 Å². The summed E-state index contributed by atoms with van der Waals surface area (Å²) in [5.41, 5.74) is 5.45. The van der Waals surface area contributed by atoms with E-state index in [0.717, 1.165) is 6.08 Å². The van der Waals surface area contributed by atoms with Gasteiger partial charge in [0.05, 0.1) is 6.42 Å². The van der Waals surface area contributed by atoms with Crippen molar-refractivity contribution < 1.29 is 23.9 Å². The van der Waals surface area contributed by atoms with Gasteiger partial charge in [0.25, 0.3) is 0 Å². The van der Waals surface area contributed by atoms with E-state index >= 15 is 0 Å². The number of carbonyl (C=O) groups excluding carboxylic acids is 2. The molecule has 0 heterocycles. The van der Waals surface area contributed by atoms with Crippen LogP contribution in [0, 0.1) is 5.82 Å². The van der Waals surface area contributed by atoms with Gasteiger partial charge in [0.2, 0.25) is 11.8 Å². The standard InChI is InChI=1S/C13H13FN2O4/c14-9-4-1-8(2-5-9)3-6-12(18)16-10(13(19)20)7-11(15)17/h1-6,10H,7H2,(H2,15,17)(H,16,18)(H,19,20)/b6-3+/t10-/m1/s1. The first kappa shape index (κ1) is 15.4. The van der Waals surface area contributed by atoms with E-state index in [2.05, 4.69) is 5.32 Å². The minimum atomic E-state index is -1.38. The van der Waals surface area contributed by atoms with Gasteiger partial charge in [-0.1, -0.05) is 12.1 Å².